The second kappa shape index (κ2) is 9.20. The number of amides is 1. The van der Waals surface area contributed by atoms with Gasteiger partial charge in [0.1, 0.15) is 11.6 Å². The Hall–Kier alpha value is -3.07. The Kier molecular flexibility index (Phi) is 6.36. The second-order valence-electron chi connectivity index (χ2n) is 7.40. The molecule has 32 heavy (non-hydrogen) atoms. The van der Waals surface area contributed by atoms with Crippen molar-refractivity contribution in [2.24, 2.45) is 5.92 Å². The Labute approximate surface area is 186 Å². The number of rotatable bonds is 5. The van der Waals surface area contributed by atoms with Crippen molar-refractivity contribution < 1.29 is 27.1 Å². The van der Waals surface area contributed by atoms with Gasteiger partial charge in [-0.2, -0.15) is 13.2 Å². The number of carbonyl (C=O) groups is 1. The van der Waals surface area contributed by atoms with Gasteiger partial charge in [-0.1, -0.05) is 18.2 Å². The lowest BCUT2D eigenvalue weighted by Gasteiger charge is -2.26. The average molecular weight is 462 g/mol. The number of halogens is 4. The molecule has 0 aliphatic carbocycles. The number of benzene rings is 2. The Morgan fingerprint density at radius 1 is 1.16 bits per heavy atom. The molecule has 1 aliphatic rings. The van der Waals surface area contributed by atoms with Crippen LogP contribution in [-0.4, -0.2) is 23.0 Å². The number of pyridine rings is 1. The van der Waals surface area contributed by atoms with Crippen molar-refractivity contribution in [1.29, 1.82) is 0 Å². The molecule has 2 heterocycles. The molecule has 0 saturated carbocycles. The third-order valence-corrected chi connectivity index (χ3v) is 5.59. The second-order valence-corrected chi connectivity index (χ2v) is 8.27. The van der Waals surface area contributed by atoms with Crippen LogP contribution < -0.4 is 9.46 Å². The van der Waals surface area contributed by atoms with Crippen LogP contribution in [0.5, 0.6) is 5.75 Å². The summed E-state index contributed by atoms with van der Waals surface area (Å²) in [6.45, 7) is 0.478. The summed E-state index contributed by atoms with van der Waals surface area (Å²) in [5.41, 5.74) is -2.07. The van der Waals surface area contributed by atoms with E-state index in [1.54, 1.807) is 23.1 Å². The Balaban J connectivity index is 1.55. The highest BCUT2D eigenvalue weighted by Crippen LogP contribution is 2.35. The molecule has 1 N–H and O–H groups in total. The number of ether oxygens (including phenoxy) is 1. The first-order valence-electron chi connectivity index (χ1n) is 9.79. The van der Waals surface area contributed by atoms with Crippen molar-refractivity contribution in [3.8, 4) is 16.9 Å². The fraction of sp³-hybridized carbons (Fsp3) is 0.217. The quantitative estimate of drug-likeness (QED) is 0.397. The number of nitrogens with one attached hydrogen (secondary N) is 1. The largest absolute Gasteiger partial charge is 0.493 e. The van der Waals surface area contributed by atoms with Crippen LogP contribution in [0.4, 0.5) is 17.6 Å². The van der Waals surface area contributed by atoms with Crippen LogP contribution in [0.25, 0.3) is 11.1 Å². The van der Waals surface area contributed by atoms with E-state index in [2.05, 4.69) is 4.98 Å². The Morgan fingerprint density at radius 3 is 2.75 bits per heavy atom. The van der Waals surface area contributed by atoms with Crippen LogP contribution in [0.1, 0.15) is 21.6 Å². The molecule has 4 rings (SSSR count). The highest BCUT2D eigenvalue weighted by molar-refractivity contribution is 7.98. The molecule has 0 saturated heterocycles. The maximum atomic E-state index is 13.9. The Morgan fingerprint density at radius 2 is 2.00 bits per heavy atom. The van der Waals surface area contributed by atoms with Crippen molar-refractivity contribution >= 4 is 17.9 Å². The fourth-order valence-electron chi connectivity index (χ4n) is 3.66. The SMILES string of the molecule is O=C(NSC(F)(F)F)c1ccc(F)cc1-c1ccc2c(c1)OC[C@H](Cc1ccccn1)C2. The normalized spacial score (nSPS) is 15.6. The standard InChI is InChI=1S/C23H18F4N2O2S/c24-17-6-7-19(22(30)29-32-23(25,26)27)20(12-17)15-4-5-16-9-14(13-31-21(16)11-15)10-18-3-1-2-8-28-18/h1-8,11-12,14H,9-10,13H2,(H,29,30)/t14-/m0/s1. The van der Waals surface area contributed by atoms with Crippen LogP contribution in [0.15, 0.2) is 60.8 Å². The number of alkyl halides is 3. The van der Waals surface area contributed by atoms with Gasteiger partial charge in [-0.05, 0) is 65.9 Å². The van der Waals surface area contributed by atoms with E-state index in [0.717, 1.165) is 36.2 Å². The summed E-state index contributed by atoms with van der Waals surface area (Å²) in [7, 11) is 0. The van der Waals surface area contributed by atoms with Gasteiger partial charge in [0.2, 0.25) is 0 Å². The molecule has 9 heteroatoms. The third-order valence-electron chi connectivity index (χ3n) is 5.07. The number of nitrogens with zero attached hydrogens (tertiary/aromatic N) is 1. The molecule has 0 bridgehead atoms. The molecule has 1 aliphatic heterocycles. The summed E-state index contributed by atoms with van der Waals surface area (Å²) in [4.78, 5) is 16.7. The molecular weight excluding hydrogens is 444 g/mol. The van der Waals surface area contributed by atoms with Crippen molar-refractivity contribution in [2.45, 2.75) is 18.3 Å². The van der Waals surface area contributed by atoms with Gasteiger partial charge in [0, 0.05) is 23.4 Å². The molecule has 0 fully saturated rings. The maximum Gasteiger partial charge on any atom is 0.461 e. The van der Waals surface area contributed by atoms with Crippen LogP contribution in [-0.2, 0) is 12.8 Å². The van der Waals surface area contributed by atoms with Gasteiger partial charge < -0.3 is 4.74 Å². The number of carbonyl (C=O) groups excluding carboxylic acids is 1. The minimum absolute atomic E-state index is 0.0630. The van der Waals surface area contributed by atoms with Crippen molar-refractivity contribution in [3.05, 3.63) is 83.4 Å². The van der Waals surface area contributed by atoms with E-state index in [4.69, 9.17) is 4.74 Å². The van der Waals surface area contributed by atoms with E-state index >= 15 is 0 Å². The summed E-state index contributed by atoms with van der Waals surface area (Å²) in [5.74, 6) is -0.705. The maximum absolute atomic E-state index is 13.9. The van der Waals surface area contributed by atoms with Crippen molar-refractivity contribution in [2.75, 3.05) is 6.61 Å². The zero-order chi connectivity index (χ0) is 22.7. The predicted molar refractivity (Wildman–Crippen MR) is 114 cm³/mol. The number of aromatic nitrogens is 1. The lowest BCUT2D eigenvalue weighted by molar-refractivity contribution is -0.0335. The van der Waals surface area contributed by atoms with E-state index in [0.29, 0.717) is 17.9 Å². The number of hydrogen-bond acceptors (Lipinski definition) is 4. The van der Waals surface area contributed by atoms with Crippen LogP contribution in [0.3, 0.4) is 0 Å². The highest BCUT2D eigenvalue weighted by Gasteiger charge is 2.30. The number of hydrogen-bond donors (Lipinski definition) is 1. The minimum atomic E-state index is -4.62. The van der Waals surface area contributed by atoms with E-state index in [1.165, 1.54) is 6.07 Å². The van der Waals surface area contributed by atoms with E-state index in [1.807, 2.05) is 24.3 Å². The van der Waals surface area contributed by atoms with Gasteiger partial charge in [-0.3, -0.25) is 14.5 Å². The van der Waals surface area contributed by atoms with E-state index < -0.39 is 29.2 Å². The van der Waals surface area contributed by atoms with Gasteiger partial charge in [-0.25, -0.2) is 4.39 Å². The molecule has 1 aromatic heterocycles. The predicted octanol–water partition coefficient (Wildman–Crippen LogP) is 5.58. The molecular formula is C23H18F4N2O2S. The minimum Gasteiger partial charge on any atom is -0.493 e. The number of fused-ring (bicyclic) bond motifs is 1. The first-order chi connectivity index (χ1) is 15.3. The third kappa shape index (κ3) is 5.40. The molecule has 1 amide bonds. The van der Waals surface area contributed by atoms with Crippen LogP contribution in [0.2, 0.25) is 0 Å². The molecule has 0 unspecified atom stereocenters. The monoisotopic (exact) mass is 462 g/mol. The molecule has 2 aromatic carbocycles. The molecule has 166 valence electrons. The van der Waals surface area contributed by atoms with E-state index in [-0.39, 0.29) is 17.0 Å². The van der Waals surface area contributed by atoms with Crippen molar-refractivity contribution in [1.82, 2.24) is 9.71 Å². The van der Waals surface area contributed by atoms with Gasteiger partial charge in [0.25, 0.3) is 5.91 Å². The first-order valence-corrected chi connectivity index (χ1v) is 10.6. The van der Waals surface area contributed by atoms with Gasteiger partial charge >= 0.3 is 5.51 Å². The molecule has 1 atom stereocenters. The van der Waals surface area contributed by atoms with Crippen LogP contribution >= 0.6 is 11.9 Å². The highest BCUT2D eigenvalue weighted by atomic mass is 32.2. The molecule has 0 radical (unpaired) electrons. The van der Waals surface area contributed by atoms with E-state index in [9.17, 15) is 22.4 Å². The van der Waals surface area contributed by atoms with Crippen LogP contribution in [0, 0.1) is 11.7 Å². The molecule has 0 spiro atoms. The summed E-state index contributed by atoms with van der Waals surface area (Å²) in [6, 6.07) is 14.3. The summed E-state index contributed by atoms with van der Waals surface area (Å²) >= 11 is -0.655. The molecule has 3 aromatic rings. The summed E-state index contributed by atoms with van der Waals surface area (Å²) in [6.07, 6.45) is 3.29. The van der Waals surface area contributed by atoms with Crippen molar-refractivity contribution in [3.63, 3.8) is 0 Å². The first kappa shape index (κ1) is 22.1. The van der Waals surface area contributed by atoms with Gasteiger partial charge in [0.05, 0.1) is 18.6 Å². The molecule has 4 nitrogen and oxygen atoms in total. The van der Waals surface area contributed by atoms with Gasteiger partial charge in [0.15, 0.2) is 0 Å². The average Bonchev–Trinajstić information content (AvgIpc) is 2.77. The topological polar surface area (TPSA) is 51.2 Å². The summed E-state index contributed by atoms with van der Waals surface area (Å²) < 4.78 is 58.9. The lowest BCUT2D eigenvalue weighted by atomic mass is 9.90. The summed E-state index contributed by atoms with van der Waals surface area (Å²) in [5, 5.41) is 0. The smallest absolute Gasteiger partial charge is 0.461 e. The zero-order valence-electron chi connectivity index (χ0n) is 16.7. The zero-order valence-corrected chi connectivity index (χ0v) is 17.5. The fourth-order valence-corrected chi connectivity index (χ4v) is 3.98. The lowest BCUT2D eigenvalue weighted by Crippen LogP contribution is -2.23. The van der Waals surface area contributed by atoms with Gasteiger partial charge in [-0.15, -0.1) is 0 Å². The Bertz CT molecular complexity index is 1120.